The third-order valence-electron chi connectivity index (χ3n) is 4.48. The maximum atomic E-state index is 13.0. The Bertz CT molecular complexity index is 887. The minimum atomic E-state index is -0.759. The molecule has 1 aromatic carbocycles. The zero-order valence-corrected chi connectivity index (χ0v) is 15.8. The Balaban J connectivity index is 1.87. The fourth-order valence-corrected chi connectivity index (χ4v) is 3.72. The smallest absolute Gasteiger partial charge is 0.293 e. The van der Waals surface area contributed by atoms with E-state index < -0.39 is 17.2 Å². The molecule has 2 N–H and O–H groups in total. The van der Waals surface area contributed by atoms with Crippen molar-refractivity contribution in [1.82, 2.24) is 14.9 Å². The average Bonchev–Trinajstić information content (AvgIpc) is 3.14. The molecule has 2 atom stereocenters. The maximum absolute atomic E-state index is 13.0. The molecule has 3 rings (SSSR count). The summed E-state index contributed by atoms with van der Waals surface area (Å²) >= 11 is 1.59. The number of benzene rings is 1. The van der Waals surface area contributed by atoms with Gasteiger partial charge in [-0.15, -0.1) is 0 Å². The minimum Gasteiger partial charge on any atom is -0.501 e. The SMILES string of the molecule is CSC1COCC1c1nc(C(=O)N(C)Cc2ccc(F)cc2)c(O)c(=O)[nH]1. The molecule has 27 heavy (non-hydrogen) atoms. The molecule has 1 aliphatic rings. The van der Waals surface area contributed by atoms with Crippen molar-refractivity contribution in [1.29, 1.82) is 0 Å². The summed E-state index contributed by atoms with van der Waals surface area (Å²) in [7, 11) is 1.52. The van der Waals surface area contributed by atoms with Crippen LogP contribution in [0.25, 0.3) is 0 Å². The van der Waals surface area contributed by atoms with Crippen molar-refractivity contribution in [3.8, 4) is 5.75 Å². The molecule has 9 heteroatoms. The molecule has 2 unspecified atom stereocenters. The van der Waals surface area contributed by atoms with Crippen molar-refractivity contribution in [2.75, 3.05) is 26.5 Å². The van der Waals surface area contributed by atoms with Gasteiger partial charge in [0.1, 0.15) is 11.6 Å². The highest BCUT2D eigenvalue weighted by atomic mass is 32.2. The van der Waals surface area contributed by atoms with Crippen molar-refractivity contribution in [3.05, 3.63) is 57.5 Å². The van der Waals surface area contributed by atoms with Crippen LogP contribution in [-0.2, 0) is 11.3 Å². The number of carbonyl (C=O) groups excluding carboxylic acids is 1. The first-order chi connectivity index (χ1) is 12.9. The van der Waals surface area contributed by atoms with Crippen molar-refractivity contribution in [2.45, 2.75) is 17.7 Å². The molecule has 0 spiro atoms. The molecule has 0 aliphatic carbocycles. The molecular formula is C18H20FN3O4S. The molecule has 7 nitrogen and oxygen atoms in total. The van der Waals surface area contributed by atoms with Gasteiger partial charge in [0.05, 0.1) is 19.1 Å². The van der Waals surface area contributed by atoms with E-state index in [0.29, 0.717) is 24.6 Å². The van der Waals surface area contributed by atoms with E-state index in [0.717, 1.165) is 0 Å². The molecule has 1 amide bonds. The zero-order chi connectivity index (χ0) is 19.6. The van der Waals surface area contributed by atoms with Gasteiger partial charge in [0, 0.05) is 18.8 Å². The van der Waals surface area contributed by atoms with E-state index in [2.05, 4.69) is 9.97 Å². The predicted octanol–water partition coefficient (Wildman–Crippen LogP) is 1.73. The van der Waals surface area contributed by atoms with Crippen molar-refractivity contribution < 1.29 is 19.0 Å². The van der Waals surface area contributed by atoms with Gasteiger partial charge in [-0.1, -0.05) is 12.1 Å². The summed E-state index contributed by atoms with van der Waals surface area (Å²) < 4.78 is 18.5. The number of nitrogens with one attached hydrogen (secondary N) is 1. The van der Waals surface area contributed by atoms with E-state index in [4.69, 9.17) is 4.74 Å². The molecule has 0 bridgehead atoms. The number of aromatic amines is 1. The van der Waals surface area contributed by atoms with Crippen LogP contribution >= 0.6 is 11.8 Å². The Hall–Kier alpha value is -2.39. The first-order valence-corrected chi connectivity index (χ1v) is 9.63. The molecule has 2 heterocycles. The van der Waals surface area contributed by atoms with Crippen molar-refractivity contribution >= 4 is 17.7 Å². The molecule has 2 aromatic rings. The van der Waals surface area contributed by atoms with E-state index >= 15 is 0 Å². The number of aromatic nitrogens is 2. The summed E-state index contributed by atoms with van der Waals surface area (Å²) in [5.41, 5.74) is -0.348. The second-order valence-electron chi connectivity index (χ2n) is 6.35. The highest BCUT2D eigenvalue weighted by Gasteiger charge is 2.33. The highest BCUT2D eigenvalue weighted by molar-refractivity contribution is 7.99. The fourth-order valence-electron chi connectivity index (χ4n) is 2.95. The van der Waals surface area contributed by atoms with E-state index in [1.807, 2.05) is 6.26 Å². The zero-order valence-electron chi connectivity index (χ0n) is 14.9. The molecule has 1 saturated heterocycles. The number of hydrogen-bond acceptors (Lipinski definition) is 6. The maximum Gasteiger partial charge on any atom is 0.293 e. The lowest BCUT2D eigenvalue weighted by Gasteiger charge is -2.19. The van der Waals surface area contributed by atoms with Crippen LogP contribution in [0.2, 0.25) is 0 Å². The fraction of sp³-hybridized carbons (Fsp3) is 0.389. The summed E-state index contributed by atoms with van der Waals surface area (Å²) in [5, 5.41) is 10.2. The number of hydrogen-bond donors (Lipinski definition) is 2. The average molecular weight is 393 g/mol. The second kappa shape index (κ2) is 8.10. The summed E-state index contributed by atoms with van der Waals surface area (Å²) in [5.74, 6) is -1.51. The predicted molar refractivity (Wildman–Crippen MR) is 99.6 cm³/mol. The number of halogens is 1. The quantitative estimate of drug-likeness (QED) is 0.803. The second-order valence-corrected chi connectivity index (χ2v) is 7.43. The van der Waals surface area contributed by atoms with Crippen molar-refractivity contribution in [2.24, 2.45) is 0 Å². The lowest BCUT2D eigenvalue weighted by Crippen LogP contribution is -2.30. The van der Waals surface area contributed by atoms with Crippen LogP contribution in [0.1, 0.15) is 27.8 Å². The van der Waals surface area contributed by atoms with Gasteiger partial charge in [0.15, 0.2) is 5.69 Å². The van der Waals surface area contributed by atoms with Gasteiger partial charge in [-0.05, 0) is 24.0 Å². The molecule has 0 saturated carbocycles. The Morgan fingerprint density at radius 1 is 1.41 bits per heavy atom. The molecule has 1 aliphatic heterocycles. The lowest BCUT2D eigenvalue weighted by atomic mass is 10.1. The number of ether oxygens (including phenoxy) is 1. The van der Waals surface area contributed by atoms with Crippen LogP contribution in [0.5, 0.6) is 5.75 Å². The number of thioether (sulfide) groups is 1. The van der Waals surface area contributed by atoms with Gasteiger partial charge in [0.2, 0.25) is 5.75 Å². The highest BCUT2D eigenvalue weighted by Crippen LogP contribution is 2.31. The third kappa shape index (κ3) is 4.14. The summed E-state index contributed by atoms with van der Waals surface area (Å²) in [6.45, 7) is 1.10. The first-order valence-electron chi connectivity index (χ1n) is 8.34. The number of rotatable bonds is 5. The third-order valence-corrected chi connectivity index (χ3v) is 5.55. The van der Waals surface area contributed by atoms with Gasteiger partial charge >= 0.3 is 0 Å². The van der Waals surface area contributed by atoms with Gasteiger partial charge in [-0.2, -0.15) is 11.8 Å². The van der Waals surface area contributed by atoms with Gasteiger partial charge in [-0.25, -0.2) is 9.37 Å². The van der Waals surface area contributed by atoms with Crippen molar-refractivity contribution in [3.63, 3.8) is 0 Å². The minimum absolute atomic E-state index is 0.109. The van der Waals surface area contributed by atoms with Crippen LogP contribution < -0.4 is 5.56 Å². The monoisotopic (exact) mass is 393 g/mol. The summed E-state index contributed by atoms with van der Waals surface area (Å²) in [6, 6.07) is 5.73. The number of H-pyrrole nitrogens is 1. The van der Waals surface area contributed by atoms with Gasteiger partial charge in [0.25, 0.3) is 11.5 Å². The number of nitrogens with zero attached hydrogens (tertiary/aromatic N) is 2. The van der Waals surface area contributed by atoms with E-state index in [1.165, 1.54) is 24.1 Å². The van der Waals surface area contributed by atoms with Crippen LogP contribution in [0, 0.1) is 5.82 Å². The Kier molecular flexibility index (Phi) is 5.81. The molecule has 144 valence electrons. The number of aromatic hydroxyl groups is 1. The van der Waals surface area contributed by atoms with E-state index in [9.17, 15) is 19.1 Å². The lowest BCUT2D eigenvalue weighted by molar-refractivity contribution is 0.0774. The standard InChI is InChI=1S/C18H20FN3O4S/c1-22(7-10-3-5-11(19)6-4-10)18(25)14-15(23)17(24)21-16(20-14)12-8-26-9-13(12)27-2/h3-6,12-13,23H,7-9H2,1-2H3,(H,20,21,24). The summed E-state index contributed by atoms with van der Waals surface area (Å²) in [6.07, 6.45) is 1.94. The van der Waals surface area contributed by atoms with Crippen LogP contribution in [0.4, 0.5) is 4.39 Å². The number of amides is 1. The summed E-state index contributed by atoms with van der Waals surface area (Å²) in [4.78, 5) is 33.0. The van der Waals surface area contributed by atoms with Crippen LogP contribution in [-0.4, -0.2) is 57.6 Å². The molecule has 1 fully saturated rings. The van der Waals surface area contributed by atoms with Crippen LogP contribution in [0.15, 0.2) is 29.1 Å². The Morgan fingerprint density at radius 2 is 2.11 bits per heavy atom. The van der Waals surface area contributed by atoms with E-state index in [1.54, 1.807) is 23.9 Å². The largest absolute Gasteiger partial charge is 0.501 e. The number of carbonyl (C=O) groups is 1. The normalized spacial score (nSPS) is 19.2. The Labute approximate surface area is 159 Å². The van der Waals surface area contributed by atoms with Gasteiger partial charge < -0.3 is 19.7 Å². The topological polar surface area (TPSA) is 95.5 Å². The molecular weight excluding hydrogens is 373 g/mol. The van der Waals surface area contributed by atoms with Crippen LogP contribution in [0.3, 0.4) is 0 Å². The first kappa shape index (κ1) is 19.4. The van der Waals surface area contributed by atoms with E-state index in [-0.39, 0.29) is 29.2 Å². The van der Waals surface area contributed by atoms with Gasteiger partial charge in [-0.3, -0.25) is 9.59 Å². The Morgan fingerprint density at radius 3 is 2.78 bits per heavy atom. The molecule has 1 aromatic heterocycles. The molecule has 0 radical (unpaired) electrons.